The topological polar surface area (TPSA) is 55.0 Å². The molecule has 0 aliphatic rings. The normalized spacial score (nSPS) is 11.8. The van der Waals surface area contributed by atoms with Crippen LogP contribution in [0.4, 0.5) is 0 Å². The van der Waals surface area contributed by atoms with Gasteiger partial charge in [0.25, 0.3) is 0 Å². The van der Waals surface area contributed by atoms with Gasteiger partial charge in [0.1, 0.15) is 17.2 Å². The lowest BCUT2D eigenvalue weighted by molar-refractivity contribution is 0.665. The Bertz CT molecular complexity index is 2920. The van der Waals surface area contributed by atoms with E-state index in [4.69, 9.17) is 8.83 Å². The Hall–Kier alpha value is -6.57. The first-order valence-electron chi connectivity index (χ1n) is 15.7. The van der Waals surface area contributed by atoms with E-state index in [0.717, 1.165) is 66.1 Å². The third-order valence-corrected chi connectivity index (χ3v) is 9.43. The van der Waals surface area contributed by atoms with Gasteiger partial charge < -0.3 is 13.4 Å². The van der Waals surface area contributed by atoms with E-state index in [1.54, 1.807) is 0 Å². The summed E-state index contributed by atoms with van der Waals surface area (Å²) in [5, 5.41) is 16.7. The molecule has 47 heavy (non-hydrogen) atoms. The smallest absolute Gasteiger partial charge is 0.159 e. The lowest BCUT2D eigenvalue weighted by Crippen LogP contribution is -1.94. The molecule has 3 aromatic heterocycles. The van der Waals surface area contributed by atoms with Crippen molar-refractivity contribution in [3.8, 4) is 34.0 Å². The number of furan rings is 2. The molecule has 0 aliphatic heterocycles. The lowest BCUT2D eigenvalue weighted by atomic mass is 9.96. The number of fused-ring (bicyclic) bond motifs is 9. The molecule has 218 valence electrons. The van der Waals surface area contributed by atoms with E-state index in [-0.39, 0.29) is 0 Å². The van der Waals surface area contributed by atoms with Crippen LogP contribution in [-0.4, -0.2) is 4.57 Å². The predicted octanol–water partition coefficient (Wildman–Crippen LogP) is 11.8. The highest BCUT2D eigenvalue weighted by Crippen LogP contribution is 2.43. The number of nitriles is 1. The number of benzene rings is 7. The van der Waals surface area contributed by atoms with E-state index in [9.17, 15) is 5.26 Å². The molecular weight excluding hydrogens is 576 g/mol. The Morgan fingerprint density at radius 1 is 0.468 bits per heavy atom. The molecule has 10 aromatic rings. The predicted molar refractivity (Wildman–Crippen MR) is 191 cm³/mol. The molecule has 7 aromatic carbocycles. The van der Waals surface area contributed by atoms with Crippen molar-refractivity contribution in [1.29, 1.82) is 5.26 Å². The molecule has 0 radical (unpaired) electrons. The molecule has 0 atom stereocenters. The molecule has 0 saturated heterocycles. The second-order valence-corrected chi connectivity index (χ2v) is 12.0. The first kappa shape index (κ1) is 25.7. The quantitative estimate of drug-likeness (QED) is 0.203. The van der Waals surface area contributed by atoms with Gasteiger partial charge in [0.15, 0.2) is 11.2 Å². The van der Waals surface area contributed by atoms with Crippen molar-refractivity contribution < 1.29 is 8.83 Å². The van der Waals surface area contributed by atoms with Gasteiger partial charge in [0.2, 0.25) is 0 Å². The van der Waals surface area contributed by atoms with Crippen LogP contribution in [-0.2, 0) is 0 Å². The summed E-state index contributed by atoms with van der Waals surface area (Å²) in [6, 6.07) is 52.6. The number of aromatic nitrogens is 1. The highest BCUT2D eigenvalue weighted by Gasteiger charge is 2.21. The second kappa shape index (κ2) is 9.71. The number of hydrogen-bond acceptors (Lipinski definition) is 3. The summed E-state index contributed by atoms with van der Waals surface area (Å²) < 4.78 is 15.2. The molecule has 0 bridgehead atoms. The van der Waals surface area contributed by atoms with E-state index in [1.807, 2.05) is 42.5 Å². The maximum absolute atomic E-state index is 10.4. The Balaban J connectivity index is 1.24. The van der Waals surface area contributed by atoms with Gasteiger partial charge in [0, 0.05) is 32.3 Å². The highest BCUT2D eigenvalue weighted by atomic mass is 16.3. The van der Waals surface area contributed by atoms with Gasteiger partial charge in [-0.05, 0) is 70.8 Å². The fourth-order valence-corrected chi connectivity index (χ4v) is 7.36. The number of rotatable bonds is 3. The molecule has 0 spiro atoms. The summed E-state index contributed by atoms with van der Waals surface area (Å²) in [4.78, 5) is 0. The van der Waals surface area contributed by atoms with Crippen molar-refractivity contribution in [1.82, 2.24) is 4.57 Å². The van der Waals surface area contributed by atoms with Crippen molar-refractivity contribution in [3.63, 3.8) is 0 Å². The fraction of sp³-hybridized carbons (Fsp3) is 0. The van der Waals surface area contributed by atoms with Crippen LogP contribution in [0.5, 0.6) is 0 Å². The van der Waals surface area contributed by atoms with Crippen LogP contribution in [0.15, 0.2) is 154 Å². The van der Waals surface area contributed by atoms with E-state index in [1.165, 1.54) is 21.9 Å². The maximum atomic E-state index is 10.4. The van der Waals surface area contributed by atoms with E-state index in [0.29, 0.717) is 11.1 Å². The molecule has 0 amide bonds. The van der Waals surface area contributed by atoms with Gasteiger partial charge in [-0.15, -0.1) is 0 Å². The molecule has 4 heteroatoms. The lowest BCUT2D eigenvalue weighted by Gasteiger charge is -2.09. The van der Waals surface area contributed by atoms with Crippen LogP contribution in [0.3, 0.4) is 0 Å². The average Bonchev–Trinajstić information content (AvgIpc) is 3.81. The van der Waals surface area contributed by atoms with Gasteiger partial charge in [-0.3, -0.25) is 0 Å². The molecule has 0 aliphatic carbocycles. The van der Waals surface area contributed by atoms with Crippen LogP contribution in [0.2, 0.25) is 0 Å². The first-order chi connectivity index (χ1) is 23.3. The zero-order chi connectivity index (χ0) is 31.1. The zero-order valence-electron chi connectivity index (χ0n) is 25.1. The van der Waals surface area contributed by atoms with Crippen molar-refractivity contribution in [2.75, 3.05) is 0 Å². The third kappa shape index (κ3) is 3.69. The largest absolute Gasteiger partial charge is 0.456 e. The van der Waals surface area contributed by atoms with Crippen LogP contribution in [0, 0.1) is 11.3 Å². The summed E-state index contributed by atoms with van der Waals surface area (Å²) >= 11 is 0. The number of para-hydroxylation sites is 3. The monoisotopic (exact) mass is 600 g/mol. The maximum Gasteiger partial charge on any atom is 0.159 e. The minimum Gasteiger partial charge on any atom is -0.456 e. The van der Waals surface area contributed by atoms with Crippen LogP contribution < -0.4 is 0 Å². The Kier molecular flexibility index (Phi) is 5.32. The minimum absolute atomic E-state index is 0.499. The van der Waals surface area contributed by atoms with Crippen molar-refractivity contribution in [3.05, 3.63) is 151 Å². The molecule has 0 unspecified atom stereocenters. The standard InChI is InChI=1S/C43H24N2O2/c44-25-29-22-28(30-14-9-19-40-41(30)33-13-5-7-18-39(33)46-40)24-35-32-15-8-17-38(43(32)47-42(29)35)45-36-16-6-4-12-31(36)34-23-27(20-21-37(34)45)26-10-2-1-3-11-26/h1-24H. The van der Waals surface area contributed by atoms with Gasteiger partial charge in [-0.1, -0.05) is 97.1 Å². The van der Waals surface area contributed by atoms with Gasteiger partial charge in [-0.2, -0.15) is 5.26 Å². The van der Waals surface area contributed by atoms with Crippen LogP contribution >= 0.6 is 0 Å². The van der Waals surface area contributed by atoms with E-state index >= 15 is 0 Å². The molecule has 3 heterocycles. The fourth-order valence-electron chi connectivity index (χ4n) is 7.36. The van der Waals surface area contributed by atoms with Crippen molar-refractivity contribution in [2.24, 2.45) is 0 Å². The summed E-state index contributed by atoms with van der Waals surface area (Å²) in [6.45, 7) is 0. The number of hydrogen-bond donors (Lipinski definition) is 0. The van der Waals surface area contributed by atoms with Crippen molar-refractivity contribution >= 4 is 65.7 Å². The summed E-state index contributed by atoms with van der Waals surface area (Å²) in [5.41, 5.74) is 11.0. The first-order valence-corrected chi connectivity index (χ1v) is 15.7. The van der Waals surface area contributed by atoms with Crippen LogP contribution in [0.25, 0.3) is 93.6 Å². The average molecular weight is 601 g/mol. The van der Waals surface area contributed by atoms with Gasteiger partial charge >= 0.3 is 0 Å². The summed E-state index contributed by atoms with van der Waals surface area (Å²) in [6.07, 6.45) is 0. The molecule has 0 saturated carbocycles. The Labute approximate surface area is 268 Å². The zero-order valence-corrected chi connectivity index (χ0v) is 25.1. The molecular formula is C43H24N2O2. The summed E-state index contributed by atoms with van der Waals surface area (Å²) in [5.74, 6) is 0. The van der Waals surface area contributed by atoms with Crippen LogP contribution in [0.1, 0.15) is 5.56 Å². The van der Waals surface area contributed by atoms with E-state index in [2.05, 4.69) is 114 Å². The van der Waals surface area contributed by atoms with E-state index < -0.39 is 0 Å². The van der Waals surface area contributed by atoms with Crippen molar-refractivity contribution in [2.45, 2.75) is 0 Å². The van der Waals surface area contributed by atoms with Gasteiger partial charge in [0.05, 0.1) is 22.3 Å². The Morgan fingerprint density at radius 3 is 2.09 bits per heavy atom. The minimum atomic E-state index is 0.499. The molecule has 0 fully saturated rings. The molecule has 4 nitrogen and oxygen atoms in total. The second-order valence-electron chi connectivity index (χ2n) is 12.0. The molecule has 10 rings (SSSR count). The highest BCUT2D eigenvalue weighted by molar-refractivity contribution is 6.16. The third-order valence-electron chi connectivity index (χ3n) is 9.43. The van der Waals surface area contributed by atoms with Gasteiger partial charge in [-0.25, -0.2) is 0 Å². The Morgan fingerprint density at radius 2 is 1.19 bits per heavy atom. The molecule has 0 N–H and O–H groups in total. The SMILES string of the molecule is N#Cc1cc(-c2cccc3oc4ccccc4c23)cc2c1oc1c(-n3c4ccccc4c4cc(-c5ccccc5)ccc43)cccc12. The number of nitrogens with zero attached hydrogens (tertiary/aromatic N) is 2. The summed E-state index contributed by atoms with van der Waals surface area (Å²) in [7, 11) is 0.